The number of aryl methyl sites for hydroxylation is 1. The summed E-state index contributed by atoms with van der Waals surface area (Å²) in [4.78, 5) is 11.6. The molecule has 2 rings (SSSR count). The number of primary sulfonamides is 1. The second kappa shape index (κ2) is 4.69. The van der Waals surface area contributed by atoms with Crippen LogP contribution in [-0.4, -0.2) is 30.7 Å². The van der Waals surface area contributed by atoms with Crippen LogP contribution in [0.25, 0.3) is 0 Å². The minimum atomic E-state index is -4.00. The molecule has 0 saturated heterocycles. The predicted octanol–water partition coefficient (Wildman–Crippen LogP) is 0.329. The van der Waals surface area contributed by atoms with Crippen LogP contribution in [0.2, 0.25) is 0 Å². The Morgan fingerprint density at radius 3 is 2.67 bits per heavy atom. The van der Waals surface area contributed by atoms with Crippen molar-refractivity contribution in [3.8, 4) is 0 Å². The third-order valence-corrected chi connectivity index (χ3v) is 3.96. The van der Waals surface area contributed by atoms with Gasteiger partial charge in [-0.25, -0.2) is 18.4 Å². The van der Waals surface area contributed by atoms with E-state index in [-0.39, 0.29) is 16.7 Å². The molecule has 100 valence electrons. The van der Waals surface area contributed by atoms with Gasteiger partial charge in [-0.15, -0.1) is 0 Å². The first-order chi connectivity index (χ1) is 8.43. The summed E-state index contributed by atoms with van der Waals surface area (Å²) >= 11 is 0. The van der Waals surface area contributed by atoms with Crippen LogP contribution in [0.1, 0.15) is 42.4 Å². The van der Waals surface area contributed by atoms with Crippen molar-refractivity contribution < 1.29 is 17.9 Å². The number of aromatic nitrogens is 2. The number of nitrogens with one attached hydrogen (secondary N) is 1. The number of aromatic amines is 1. The summed E-state index contributed by atoms with van der Waals surface area (Å²) in [5.74, 6) is -0.736. The zero-order chi connectivity index (χ0) is 13.3. The van der Waals surface area contributed by atoms with Crippen LogP contribution < -0.4 is 5.14 Å². The van der Waals surface area contributed by atoms with Gasteiger partial charge in [-0.2, -0.15) is 5.10 Å². The lowest BCUT2D eigenvalue weighted by Crippen LogP contribution is -2.26. The maximum atomic E-state index is 11.8. The fourth-order valence-corrected chi connectivity index (χ4v) is 2.68. The van der Waals surface area contributed by atoms with Crippen molar-refractivity contribution in [2.45, 2.75) is 43.6 Å². The van der Waals surface area contributed by atoms with Crippen LogP contribution in [0.15, 0.2) is 4.90 Å². The molecule has 1 aliphatic rings. The average molecular weight is 273 g/mol. The fourth-order valence-electron chi connectivity index (χ4n) is 1.75. The standard InChI is InChI=1S/C10H15N3O4S/c1-2-7-9(18(11,15)16)8(13-12-7)10(14)17-6-4-3-5-6/h6H,2-5H2,1H3,(H,12,13)(H2,11,15,16). The zero-order valence-electron chi connectivity index (χ0n) is 9.97. The van der Waals surface area contributed by atoms with E-state index < -0.39 is 16.0 Å². The molecule has 7 nitrogen and oxygen atoms in total. The molecule has 0 aliphatic heterocycles. The van der Waals surface area contributed by atoms with E-state index in [9.17, 15) is 13.2 Å². The molecule has 0 amide bonds. The van der Waals surface area contributed by atoms with Crippen molar-refractivity contribution in [2.75, 3.05) is 0 Å². The highest BCUT2D eigenvalue weighted by molar-refractivity contribution is 7.89. The van der Waals surface area contributed by atoms with Crippen LogP contribution in [-0.2, 0) is 21.2 Å². The number of H-pyrrole nitrogens is 1. The van der Waals surface area contributed by atoms with Crippen LogP contribution in [0.4, 0.5) is 0 Å². The number of carbonyl (C=O) groups excluding carboxylic acids is 1. The van der Waals surface area contributed by atoms with Gasteiger partial charge in [0.05, 0.1) is 5.69 Å². The molecule has 0 radical (unpaired) electrons. The van der Waals surface area contributed by atoms with Gasteiger partial charge in [0.25, 0.3) is 0 Å². The molecule has 1 heterocycles. The third kappa shape index (κ3) is 2.39. The molecule has 1 aromatic rings. The largest absolute Gasteiger partial charge is 0.458 e. The summed E-state index contributed by atoms with van der Waals surface area (Å²) in [5, 5.41) is 11.3. The minimum absolute atomic E-state index is 0.132. The van der Waals surface area contributed by atoms with E-state index in [0.717, 1.165) is 19.3 Å². The van der Waals surface area contributed by atoms with Crippen LogP contribution in [0, 0.1) is 0 Å². The first-order valence-corrected chi connectivity index (χ1v) is 7.29. The monoisotopic (exact) mass is 273 g/mol. The molecule has 0 aromatic carbocycles. The number of carbonyl (C=O) groups is 1. The number of sulfonamides is 1. The first kappa shape index (κ1) is 13.0. The molecule has 0 spiro atoms. The summed E-state index contributed by atoms with van der Waals surface area (Å²) in [6.07, 6.45) is 2.88. The van der Waals surface area contributed by atoms with Crippen LogP contribution >= 0.6 is 0 Å². The Balaban J connectivity index is 2.32. The Kier molecular flexibility index (Phi) is 3.40. The molecule has 0 atom stereocenters. The molecule has 8 heteroatoms. The highest BCUT2D eigenvalue weighted by Gasteiger charge is 2.30. The molecule has 0 unspecified atom stereocenters. The lowest BCUT2D eigenvalue weighted by Gasteiger charge is -2.24. The van der Waals surface area contributed by atoms with Gasteiger partial charge in [0.1, 0.15) is 11.0 Å². The predicted molar refractivity (Wildman–Crippen MR) is 62.4 cm³/mol. The molecule has 1 aliphatic carbocycles. The summed E-state index contributed by atoms with van der Waals surface area (Å²) in [6, 6.07) is 0. The maximum Gasteiger partial charge on any atom is 0.360 e. The third-order valence-electron chi connectivity index (χ3n) is 2.95. The lowest BCUT2D eigenvalue weighted by molar-refractivity contribution is 0.00794. The van der Waals surface area contributed by atoms with Gasteiger partial charge in [0.15, 0.2) is 5.69 Å². The molecular weight excluding hydrogens is 258 g/mol. The number of esters is 1. The Morgan fingerprint density at radius 2 is 2.22 bits per heavy atom. The number of nitrogens with zero attached hydrogens (tertiary/aromatic N) is 1. The molecular formula is C10H15N3O4S. The highest BCUT2D eigenvalue weighted by Crippen LogP contribution is 2.25. The van der Waals surface area contributed by atoms with Gasteiger partial charge >= 0.3 is 5.97 Å². The van der Waals surface area contributed by atoms with E-state index in [0.29, 0.717) is 12.1 Å². The number of ether oxygens (including phenoxy) is 1. The second-order valence-electron chi connectivity index (χ2n) is 4.24. The van der Waals surface area contributed by atoms with Crippen molar-refractivity contribution in [3.05, 3.63) is 11.4 Å². The quantitative estimate of drug-likeness (QED) is 0.767. The zero-order valence-corrected chi connectivity index (χ0v) is 10.8. The topological polar surface area (TPSA) is 115 Å². The summed E-state index contributed by atoms with van der Waals surface area (Å²) < 4.78 is 28.1. The number of nitrogens with two attached hydrogens (primary N) is 1. The van der Waals surface area contributed by atoms with Gasteiger partial charge in [-0.1, -0.05) is 6.92 Å². The van der Waals surface area contributed by atoms with Gasteiger partial charge in [-0.3, -0.25) is 5.10 Å². The summed E-state index contributed by atoms with van der Waals surface area (Å²) in [7, 11) is -4.00. The molecule has 1 aromatic heterocycles. The van der Waals surface area contributed by atoms with Gasteiger partial charge < -0.3 is 4.74 Å². The average Bonchev–Trinajstić information content (AvgIpc) is 2.66. The molecule has 0 bridgehead atoms. The smallest absolute Gasteiger partial charge is 0.360 e. The van der Waals surface area contributed by atoms with E-state index in [4.69, 9.17) is 9.88 Å². The number of rotatable bonds is 4. The molecule has 3 N–H and O–H groups in total. The van der Waals surface area contributed by atoms with E-state index in [1.54, 1.807) is 6.92 Å². The Hall–Kier alpha value is -1.41. The van der Waals surface area contributed by atoms with Gasteiger partial charge in [-0.05, 0) is 25.7 Å². The van der Waals surface area contributed by atoms with Crippen molar-refractivity contribution in [1.29, 1.82) is 0 Å². The van der Waals surface area contributed by atoms with Crippen molar-refractivity contribution in [3.63, 3.8) is 0 Å². The molecule has 18 heavy (non-hydrogen) atoms. The van der Waals surface area contributed by atoms with E-state index in [2.05, 4.69) is 10.2 Å². The summed E-state index contributed by atoms with van der Waals surface area (Å²) in [6.45, 7) is 1.74. The van der Waals surface area contributed by atoms with Gasteiger partial charge in [0.2, 0.25) is 10.0 Å². The fraction of sp³-hybridized carbons (Fsp3) is 0.600. The van der Waals surface area contributed by atoms with Crippen molar-refractivity contribution >= 4 is 16.0 Å². The Bertz CT molecular complexity index is 560. The lowest BCUT2D eigenvalue weighted by atomic mass is 9.96. The van der Waals surface area contributed by atoms with Crippen molar-refractivity contribution in [2.24, 2.45) is 5.14 Å². The van der Waals surface area contributed by atoms with Gasteiger partial charge in [0, 0.05) is 0 Å². The summed E-state index contributed by atoms with van der Waals surface area (Å²) in [5.41, 5.74) is 0.0688. The first-order valence-electron chi connectivity index (χ1n) is 5.74. The highest BCUT2D eigenvalue weighted by atomic mass is 32.2. The SMILES string of the molecule is CCc1[nH]nc(C(=O)OC2CCC2)c1S(N)(=O)=O. The Labute approximate surface area is 105 Å². The number of hydrogen-bond donors (Lipinski definition) is 2. The number of hydrogen-bond acceptors (Lipinski definition) is 5. The van der Waals surface area contributed by atoms with Crippen LogP contribution in [0.3, 0.4) is 0 Å². The van der Waals surface area contributed by atoms with E-state index >= 15 is 0 Å². The van der Waals surface area contributed by atoms with Crippen LogP contribution in [0.5, 0.6) is 0 Å². The molecule has 1 saturated carbocycles. The van der Waals surface area contributed by atoms with E-state index in [1.807, 2.05) is 0 Å². The van der Waals surface area contributed by atoms with Crippen molar-refractivity contribution in [1.82, 2.24) is 10.2 Å². The molecule has 1 fully saturated rings. The maximum absolute atomic E-state index is 11.8. The van der Waals surface area contributed by atoms with E-state index in [1.165, 1.54) is 0 Å². The minimum Gasteiger partial charge on any atom is -0.458 e. The Morgan fingerprint density at radius 1 is 1.56 bits per heavy atom. The second-order valence-corrected chi connectivity index (χ2v) is 5.73. The normalized spacial score (nSPS) is 16.3.